The zero-order valence-corrected chi connectivity index (χ0v) is 24.5. The molecule has 0 unspecified atom stereocenters. The van der Waals surface area contributed by atoms with Crippen LogP contribution in [0, 0.1) is 13.8 Å². The maximum absolute atomic E-state index is 14.1. The Bertz CT molecular complexity index is 1930. The second kappa shape index (κ2) is 11.5. The fraction of sp³-hybridized carbons (Fsp3) is 0.0857. The Hall–Kier alpha value is -5.34. The lowest BCUT2D eigenvalue weighted by Crippen LogP contribution is -2.57. The Kier molecular flexibility index (Phi) is 7.44. The summed E-state index contributed by atoms with van der Waals surface area (Å²) in [5, 5.41) is 3.80. The first-order chi connectivity index (χ1) is 20.8. The number of nitrogens with zero attached hydrogens (tertiary/aromatic N) is 3. The van der Waals surface area contributed by atoms with Crippen LogP contribution in [0.1, 0.15) is 16.7 Å². The Morgan fingerprint density at radius 2 is 1.40 bits per heavy atom. The molecule has 4 aromatic carbocycles. The van der Waals surface area contributed by atoms with E-state index in [0.29, 0.717) is 22.6 Å². The van der Waals surface area contributed by atoms with E-state index in [1.807, 2.05) is 109 Å². The van der Waals surface area contributed by atoms with Gasteiger partial charge in [-0.1, -0.05) is 60.7 Å². The van der Waals surface area contributed by atoms with Crippen molar-refractivity contribution in [1.82, 2.24) is 4.57 Å². The molecular weight excluding hydrogens is 556 g/mol. The number of aromatic nitrogens is 1. The molecule has 3 amide bonds. The highest BCUT2D eigenvalue weighted by Gasteiger charge is 2.41. The summed E-state index contributed by atoms with van der Waals surface area (Å²) in [4.78, 5) is 43.9. The Balaban J connectivity index is 1.44. The Morgan fingerprint density at radius 3 is 2.09 bits per heavy atom. The molecule has 1 N–H and O–H groups in total. The Labute approximate surface area is 254 Å². The molecule has 0 bridgehead atoms. The third-order valence-electron chi connectivity index (χ3n) is 7.50. The van der Waals surface area contributed by atoms with Crippen LogP contribution in [0.4, 0.5) is 17.1 Å². The predicted molar refractivity (Wildman–Crippen MR) is 175 cm³/mol. The molecule has 1 aromatic heterocycles. The molecule has 1 aliphatic heterocycles. The number of hydrogen-bond donors (Lipinski definition) is 1. The highest BCUT2D eigenvalue weighted by Crippen LogP contribution is 2.32. The number of hydrogen-bond acceptors (Lipinski definition) is 4. The van der Waals surface area contributed by atoms with Crippen molar-refractivity contribution in [3.05, 3.63) is 132 Å². The first-order valence-electron chi connectivity index (χ1n) is 13.8. The van der Waals surface area contributed by atoms with Gasteiger partial charge in [-0.25, -0.2) is 0 Å². The smallest absolute Gasteiger partial charge is 0.270 e. The summed E-state index contributed by atoms with van der Waals surface area (Å²) in [5.41, 5.74) is 5.33. The topological polar surface area (TPSA) is 74.6 Å². The molecule has 8 heteroatoms. The molecule has 0 spiro atoms. The van der Waals surface area contributed by atoms with Crippen LogP contribution in [0.5, 0.6) is 0 Å². The molecule has 5 aromatic rings. The zero-order valence-electron chi connectivity index (χ0n) is 23.7. The minimum atomic E-state index is -0.514. The minimum Gasteiger partial charge on any atom is -0.337 e. The van der Waals surface area contributed by atoms with Gasteiger partial charge in [0.15, 0.2) is 5.11 Å². The molecule has 0 atom stereocenters. The van der Waals surface area contributed by atoms with Gasteiger partial charge in [0.2, 0.25) is 5.91 Å². The molecular formula is C35H28N4O3S. The van der Waals surface area contributed by atoms with E-state index in [4.69, 9.17) is 12.2 Å². The average molecular weight is 585 g/mol. The molecule has 1 saturated heterocycles. The number of aryl methyl sites for hydroxylation is 2. The number of benzene rings is 4. The van der Waals surface area contributed by atoms with Crippen molar-refractivity contribution in [3.63, 3.8) is 0 Å². The van der Waals surface area contributed by atoms with Crippen molar-refractivity contribution in [3.8, 4) is 0 Å². The average Bonchev–Trinajstić information content (AvgIpc) is 3.35. The molecule has 6 rings (SSSR count). The zero-order chi connectivity index (χ0) is 30.1. The number of anilines is 3. The molecule has 0 radical (unpaired) electrons. The first kappa shape index (κ1) is 27.8. The molecule has 0 saturated carbocycles. The van der Waals surface area contributed by atoms with E-state index in [0.717, 1.165) is 22.0 Å². The van der Waals surface area contributed by atoms with E-state index < -0.39 is 11.8 Å². The third-order valence-corrected chi connectivity index (χ3v) is 7.87. The number of carbonyl (C=O) groups is 3. The van der Waals surface area contributed by atoms with Crippen LogP contribution in [0.15, 0.2) is 115 Å². The van der Waals surface area contributed by atoms with Crippen LogP contribution >= 0.6 is 12.2 Å². The second-order valence-electron chi connectivity index (χ2n) is 10.4. The van der Waals surface area contributed by atoms with E-state index in [2.05, 4.69) is 5.32 Å². The summed E-state index contributed by atoms with van der Waals surface area (Å²) in [7, 11) is 0. The minimum absolute atomic E-state index is 0.0349. The molecule has 212 valence electrons. The molecule has 0 aliphatic carbocycles. The van der Waals surface area contributed by atoms with E-state index >= 15 is 0 Å². The van der Waals surface area contributed by atoms with Crippen LogP contribution < -0.4 is 15.1 Å². The number of rotatable bonds is 6. The van der Waals surface area contributed by atoms with Crippen molar-refractivity contribution in [2.45, 2.75) is 20.4 Å². The van der Waals surface area contributed by atoms with E-state index in [1.165, 1.54) is 9.80 Å². The van der Waals surface area contributed by atoms with Gasteiger partial charge in [-0.05, 0) is 85.7 Å². The van der Waals surface area contributed by atoms with Crippen LogP contribution in [0.2, 0.25) is 0 Å². The van der Waals surface area contributed by atoms with Crippen molar-refractivity contribution in [2.75, 3.05) is 15.1 Å². The number of thiocarbonyl (C=S) groups is 1. The van der Waals surface area contributed by atoms with Gasteiger partial charge < -0.3 is 9.88 Å². The Morgan fingerprint density at radius 1 is 0.767 bits per heavy atom. The summed E-state index contributed by atoms with van der Waals surface area (Å²) in [6.07, 6.45) is 3.40. The molecule has 7 nitrogen and oxygen atoms in total. The number of fused-ring (bicyclic) bond motifs is 1. The van der Waals surface area contributed by atoms with Crippen molar-refractivity contribution in [1.29, 1.82) is 0 Å². The molecule has 1 fully saturated rings. The number of nitrogens with one attached hydrogen (secondary N) is 1. The lowest BCUT2D eigenvalue weighted by atomic mass is 10.0. The summed E-state index contributed by atoms with van der Waals surface area (Å²) in [6, 6.07) is 31.6. The maximum atomic E-state index is 14.1. The van der Waals surface area contributed by atoms with Crippen molar-refractivity contribution < 1.29 is 14.4 Å². The van der Waals surface area contributed by atoms with Gasteiger partial charge in [0, 0.05) is 28.4 Å². The standard InChI is InChI=1S/C35H28N4O3S/c1-23-17-18-28(19-24(23)2)39-34(42)30(33(41)38(35(39)43)27-13-7-4-8-14-27)20-25-21-37(31-16-10-9-15-29(25)31)22-32(40)36-26-11-5-3-6-12-26/h3-21H,22H2,1-2H3,(H,36,40)/b30-20+. The predicted octanol–water partition coefficient (Wildman–Crippen LogP) is 6.65. The van der Waals surface area contributed by atoms with Gasteiger partial charge in [-0.15, -0.1) is 0 Å². The highest BCUT2D eigenvalue weighted by atomic mass is 32.1. The monoisotopic (exact) mass is 584 g/mol. The van der Waals surface area contributed by atoms with E-state index in [1.54, 1.807) is 24.4 Å². The fourth-order valence-electron chi connectivity index (χ4n) is 5.18. The van der Waals surface area contributed by atoms with E-state index in [-0.39, 0.29) is 23.1 Å². The number of carbonyl (C=O) groups excluding carboxylic acids is 3. The van der Waals surface area contributed by atoms with Crippen LogP contribution in [-0.2, 0) is 20.9 Å². The molecule has 1 aliphatic rings. The van der Waals surface area contributed by atoms with Gasteiger partial charge >= 0.3 is 0 Å². The molecule has 43 heavy (non-hydrogen) atoms. The van der Waals surface area contributed by atoms with Gasteiger partial charge in [-0.2, -0.15) is 0 Å². The number of para-hydroxylation sites is 3. The van der Waals surface area contributed by atoms with Crippen LogP contribution in [0.25, 0.3) is 17.0 Å². The summed E-state index contributed by atoms with van der Waals surface area (Å²) >= 11 is 5.78. The van der Waals surface area contributed by atoms with Gasteiger partial charge in [0.05, 0.1) is 11.4 Å². The highest BCUT2D eigenvalue weighted by molar-refractivity contribution is 7.81. The fourth-order valence-corrected chi connectivity index (χ4v) is 5.56. The van der Waals surface area contributed by atoms with E-state index in [9.17, 15) is 14.4 Å². The van der Waals surface area contributed by atoms with Crippen molar-refractivity contribution in [2.24, 2.45) is 0 Å². The van der Waals surface area contributed by atoms with Gasteiger partial charge in [0.1, 0.15) is 12.1 Å². The van der Waals surface area contributed by atoms with Crippen molar-refractivity contribution >= 4 is 69.1 Å². The lowest BCUT2D eigenvalue weighted by molar-refractivity contribution is -0.121. The normalized spacial score (nSPS) is 14.6. The second-order valence-corrected chi connectivity index (χ2v) is 10.7. The largest absolute Gasteiger partial charge is 0.337 e. The van der Waals surface area contributed by atoms with Gasteiger partial charge in [-0.3, -0.25) is 24.2 Å². The first-order valence-corrected chi connectivity index (χ1v) is 14.2. The number of amides is 3. The van der Waals surface area contributed by atoms with Crippen LogP contribution in [-0.4, -0.2) is 27.4 Å². The summed E-state index contributed by atoms with van der Waals surface area (Å²) in [6.45, 7) is 4.02. The SMILES string of the molecule is Cc1ccc(N2C(=O)/C(=C/c3cn(CC(=O)Nc4ccccc4)c4ccccc34)C(=O)N(c3ccccc3)C2=S)cc1C. The maximum Gasteiger partial charge on any atom is 0.270 e. The van der Waals surface area contributed by atoms with Crippen LogP contribution in [0.3, 0.4) is 0 Å². The lowest BCUT2D eigenvalue weighted by Gasteiger charge is -2.36. The summed E-state index contributed by atoms with van der Waals surface area (Å²) < 4.78 is 1.82. The third kappa shape index (κ3) is 5.36. The summed E-state index contributed by atoms with van der Waals surface area (Å²) in [5.74, 6) is -1.22. The quantitative estimate of drug-likeness (QED) is 0.138. The van der Waals surface area contributed by atoms with Gasteiger partial charge in [0.25, 0.3) is 11.8 Å². The molecule has 2 heterocycles.